The minimum atomic E-state index is -4.67. The van der Waals surface area contributed by atoms with Crippen LogP contribution in [0, 0.1) is 11.3 Å². The molecular formula is C28H24Cl4F5N3O4. The summed E-state index contributed by atoms with van der Waals surface area (Å²) in [5.74, 6) is -8.45. The molecule has 7 nitrogen and oxygen atoms in total. The zero-order valence-electron chi connectivity index (χ0n) is 22.8. The summed E-state index contributed by atoms with van der Waals surface area (Å²) in [5.41, 5.74) is -4.67. The number of carboxylic acid groups (broad SMARTS) is 1. The van der Waals surface area contributed by atoms with E-state index in [0.29, 0.717) is 0 Å². The fourth-order valence-electron chi connectivity index (χ4n) is 6.25. The van der Waals surface area contributed by atoms with Crippen molar-refractivity contribution < 1.29 is 41.4 Å². The Bertz CT molecular complexity index is 1530. The Balaban J connectivity index is 1.61. The zero-order chi connectivity index (χ0) is 32.6. The zero-order valence-corrected chi connectivity index (χ0v) is 25.8. The first kappa shape index (κ1) is 33.0. The third-order valence-electron chi connectivity index (χ3n) is 8.63. The van der Waals surface area contributed by atoms with Gasteiger partial charge in [-0.15, -0.1) is 0 Å². The molecule has 2 aromatic rings. The molecule has 2 aliphatic heterocycles. The Morgan fingerprint density at radius 2 is 1.66 bits per heavy atom. The van der Waals surface area contributed by atoms with Crippen molar-refractivity contribution in [3.05, 3.63) is 56.0 Å². The van der Waals surface area contributed by atoms with E-state index in [-0.39, 0.29) is 49.9 Å². The van der Waals surface area contributed by atoms with Crippen molar-refractivity contribution in [2.24, 2.45) is 11.3 Å². The third kappa shape index (κ3) is 5.72. The number of hydrogen-bond acceptors (Lipinski definition) is 4. The molecule has 2 aromatic carbocycles. The molecule has 0 aromatic heterocycles. The smallest absolute Gasteiger partial charge is 0.396 e. The molecule has 1 saturated carbocycles. The van der Waals surface area contributed by atoms with Gasteiger partial charge in [-0.3, -0.25) is 19.3 Å². The average molecular weight is 703 g/mol. The number of hydrogen-bond donors (Lipinski definition) is 2. The first-order valence-electron chi connectivity index (χ1n) is 13.3. The lowest BCUT2D eigenvalue weighted by Crippen LogP contribution is -2.57. The molecule has 238 valence electrons. The van der Waals surface area contributed by atoms with Crippen LogP contribution in [-0.2, 0) is 19.9 Å². The quantitative estimate of drug-likeness (QED) is 0.276. The molecule has 0 radical (unpaired) electrons. The molecule has 2 amide bonds. The highest BCUT2D eigenvalue weighted by Crippen LogP contribution is 2.59. The second-order valence-electron chi connectivity index (χ2n) is 11.6. The number of likely N-dealkylation sites (tertiary alicyclic amines) is 1. The van der Waals surface area contributed by atoms with Crippen LogP contribution < -0.4 is 10.2 Å². The van der Waals surface area contributed by atoms with Gasteiger partial charge >= 0.3 is 12.1 Å². The van der Waals surface area contributed by atoms with Crippen molar-refractivity contribution in [3.8, 4) is 0 Å². The summed E-state index contributed by atoms with van der Waals surface area (Å²) in [7, 11) is 0. The minimum Gasteiger partial charge on any atom is -0.481 e. The normalized spacial score (nSPS) is 24.5. The monoisotopic (exact) mass is 701 g/mol. The van der Waals surface area contributed by atoms with Crippen LogP contribution in [0.1, 0.15) is 38.2 Å². The molecule has 5 rings (SSSR count). The fraction of sp³-hybridized carbons (Fsp3) is 0.464. The van der Waals surface area contributed by atoms with E-state index in [4.69, 9.17) is 46.4 Å². The molecule has 1 aliphatic carbocycles. The minimum absolute atomic E-state index is 0.00228. The Morgan fingerprint density at radius 3 is 2.20 bits per heavy atom. The standard InChI is InChI=1S/C28H24Cl4F5N3O4/c1-13(23(43)39(11-25(2-3-25)28(35,36)37)17-5-14(29)4-15(30)6-17)20-9-26(33,34)12-40(20)27(10-21(41)42)18-7-16(31)8-19(32)22(18)38-24(27)44/h4-8,13,20H,2-3,9-12H2,1H3,(H,38,44)(H,41,42)/t13-,20-,27-/m1/s1. The molecule has 2 heterocycles. The van der Waals surface area contributed by atoms with Gasteiger partial charge in [-0.1, -0.05) is 53.3 Å². The lowest BCUT2D eigenvalue weighted by atomic mass is 9.83. The van der Waals surface area contributed by atoms with Crippen LogP contribution in [0.4, 0.5) is 33.3 Å². The number of carbonyl (C=O) groups excluding carboxylic acids is 2. The molecule has 16 heteroatoms. The topological polar surface area (TPSA) is 90.0 Å². The molecule has 0 bridgehead atoms. The number of fused-ring (bicyclic) bond motifs is 1. The Labute approximate surface area is 268 Å². The van der Waals surface area contributed by atoms with E-state index in [1.165, 1.54) is 37.3 Å². The first-order valence-corrected chi connectivity index (χ1v) is 14.8. The molecule has 0 spiro atoms. The van der Waals surface area contributed by atoms with Crippen LogP contribution >= 0.6 is 46.4 Å². The van der Waals surface area contributed by atoms with Gasteiger partial charge in [0.05, 0.1) is 35.0 Å². The van der Waals surface area contributed by atoms with Gasteiger partial charge in [0.2, 0.25) is 11.8 Å². The van der Waals surface area contributed by atoms with Gasteiger partial charge in [-0.2, -0.15) is 13.2 Å². The van der Waals surface area contributed by atoms with E-state index in [1.54, 1.807) is 0 Å². The van der Waals surface area contributed by atoms with Gasteiger partial charge in [-0.25, -0.2) is 8.78 Å². The predicted molar refractivity (Wildman–Crippen MR) is 155 cm³/mol. The van der Waals surface area contributed by atoms with Crippen LogP contribution in [0.15, 0.2) is 30.3 Å². The number of nitrogens with one attached hydrogen (secondary N) is 1. The van der Waals surface area contributed by atoms with E-state index in [1.807, 2.05) is 0 Å². The van der Waals surface area contributed by atoms with Gasteiger partial charge in [0.25, 0.3) is 5.92 Å². The summed E-state index contributed by atoms with van der Waals surface area (Å²) in [6.45, 7) is -0.704. The van der Waals surface area contributed by atoms with E-state index >= 15 is 8.78 Å². The molecule has 2 N–H and O–H groups in total. The summed E-state index contributed by atoms with van der Waals surface area (Å²) in [6, 6.07) is 4.80. The highest BCUT2D eigenvalue weighted by Gasteiger charge is 2.65. The van der Waals surface area contributed by atoms with Crippen LogP contribution in [-0.4, -0.2) is 59.0 Å². The van der Waals surface area contributed by atoms with Gasteiger partial charge in [0, 0.05) is 45.3 Å². The van der Waals surface area contributed by atoms with Crippen LogP contribution in [0.5, 0.6) is 0 Å². The summed E-state index contributed by atoms with van der Waals surface area (Å²) < 4.78 is 72.8. The summed E-state index contributed by atoms with van der Waals surface area (Å²) in [4.78, 5) is 41.7. The first-order chi connectivity index (χ1) is 20.3. The maximum absolute atomic E-state index is 15.3. The number of halogens is 9. The summed E-state index contributed by atoms with van der Waals surface area (Å²) in [6.07, 6.45) is -7.17. The van der Waals surface area contributed by atoms with E-state index < -0.39 is 78.7 Å². The second-order valence-corrected chi connectivity index (χ2v) is 13.3. The van der Waals surface area contributed by atoms with Crippen molar-refractivity contribution in [3.63, 3.8) is 0 Å². The largest absolute Gasteiger partial charge is 0.481 e. The summed E-state index contributed by atoms with van der Waals surface area (Å²) >= 11 is 24.7. The molecule has 2 fully saturated rings. The van der Waals surface area contributed by atoms with Crippen molar-refractivity contribution in [2.45, 2.75) is 56.3 Å². The van der Waals surface area contributed by atoms with E-state index in [2.05, 4.69) is 5.32 Å². The van der Waals surface area contributed by atoms with Crippen molar-refractivity contribution in [1.29, 1.82) is 0 Å². The molecule has 0 unspecified atom stereocenters. The van der Waals surface area contributed by atoms with Crippen molar-refractivity contribution in [2.75, 3.05) is 23.3 Å². The summed E-state index contributed by atoms with van der Waals surface area (Å²) in [5, 5.41) is 12.3. The maximum atomic E-state index is 15.3. The number of benzene rings is 2. The lowest BCUT2D eigenvalue weighted by molar-refractivity contribution is -0.184. The number of alkyl halides is 5. The number of anilines is 2. The van der Waals surface area contributed by atoms with Crippen LogP contribution in [0.3, 0.4) is 0 Å². The van der Waals surface area contributed by atoms with Crippen LogP contribution in [0.25, 0.3) is 0 Å². The highest BCUT2D eigenvalue weighted by atomic mass is 35.5. The number of carbonyl (C=O) groups is 3. The Morgan fingerprint density at radius 1 is 1.07 bits per heavy atom. The number of carboxylic acids is 1. The van der Waals surface area contributed by atoms with Crippen LogP contribution in [0.2, 0.25) is 20.1 Å². The number of amides is 2. The lowest BCUT2D eigenvalue weighted by Gasteiger charge is -2.42. The van der Waals surface area contributed by atoms with Gasteiger partial charge < -0.3 is 15.3 Å². The van der Waals surface area contributed by atoms with Crippen molar-refractivity contribution in [1.82, 2.24) is 4.90 Å². The van der Waals surface area contributed by atoms with E-state index in [9.17, 15) is 32.7 Å². The molecular weight excluding hydrogens is 679 g/mol. The van der Waals surface area contributed by atoms with Gasteiger partial charge in [0.1, 0.15) is 5.54 Å². The molecule has 3 atom stereocenters. The maximum Gasteiger partial charge on any atom is 0.396 e. The predicted octanol–water partition coefficient (Wildman–Crippen LogP) is 7.64. The Hall–Kier alpha value is -2.38. The van der Waals surface area contributed by atoms with Gasteiger partial charge in [-0.05, 0) is 43.2 Å². The Kier molecular flexibility index (Phi) is 8.36. The molecule has 3 aliphatic rings. The fourth-order valence-corrected chi connectivity index (χ4v) is 7.30. The number of aliphatic carboxylic acids is 1. The van der Waals surface area contributed by atoms with Gasteiger partial charge in [0.15, 0.2) is 0 Å². The third-order valence-corrected chi connectivity index (χ3v) is 9.58. The number of nitrogens with zero attached hydrogens (tertiary/aromatic N) is 2. The average Bonchev–Trinajstić information content (AvgIpc) is 3.55. The number of rotatable bonds is 8. The van der Waals surface area contributed by atoms with Crippen molar-refractivity contribution >= 4 is 75.6 Å². The van der Waals surface area contributed by atoms with E-state index in [0.717, 1.165) is 9.80 Å². The molecule has 44 heavy (non-hydrogen) atoms. The SMILES string of the molecule is C[C@@H](C(=O)N(CC1(C(F)(F)F)CC1)c1cc(Cl)cc(Cl)c1)[C@H]1CC(F)(F)CN1[C@@]1(CC(=O)O)C(=O)Nc2c(Cl)cc(Cl)cc21. The second kappa shape index (κ2) is 11.2. The molecule has 1 saturated heterocycles. The highest BCUT2D eigenvalue weighted by molar-refractivity contribution is 6.38.